The van der Waals surface area contributed by atoms with E-state index in [9.17, 15) is 4.79 Å². The molecular formula is C17H33N3O. The first-order valence-electron chi connectivity index (χ1n) is 8.90. The molecule has 0 aromatic rings. The van der Waals surface area contributed by atoms with Gasteiger partial charge in [-0.3, -0.25) is 10.1 Å². The van der Waals surface area contributed by atoms with Crippen molar-refractivity contribution in [3.05, 3.63) is 0 Å². The maximum absolute atomic E-state index is 12.7. The summed E-state index contributed by atoms with van der Waals surface area (Å²) in [6, 6.07) is 0.0623. The molecule has 1 N–H and O–H groups in total. The molecule has 2 heterocycles. The van der Waals surface area contributed by atoms with Gasteiger partial charge in [0.15, 0.2) is 0 Å². The van der Waals surface area contributed by atoms with Crippen LogP contribution in [0.1, 0.15) is 59.3 Å². The Kier molecular flexibility index (Phi) is 6.49. The number of hydrogen-bond acceptors (Lipinski definition) is 3. The Hall–Kier alpha value is -0.610. The molecule has 2 atom stereocenters. The van der Waals surface area contributed by atoms with Crippen molar-refractivity contribution in [2.45, 2.75) is 71.5 Å². The standard InChI is InChI=1S/C17H33N3O/c1-4-5-8-15-17(21)20(16(18-15)13-14(2)3)12-11-19-9-6-7-10-19/h14-16,18H,4-13H2,1-3H3. The molecule has 0 radical (unpaired) electrons. The van der Waals surface area contributed by atoms with Gasteiger partial charge in [0, 0.05) is 13.1 Å². The molecule has 2 rings (SSSR count). The average Bonchev–Trinajstić information content (AvgIpc) is 3.03. The van der Waals surface area contributed by atoms with Crippen LogP contribution in [0.4, 0.5) is 0 Å². The van der Waals surface area contributed by atoms with E-state index in [4.69, 9.17) is 0 Å². The molecule has 0 aliphatic carbocycles. The number of likely N-dealkylation sites (tertiary alicyclic amines) is 1. The minimum absolute atomic E-state index is 0.0623. The van der Waals surface area contributed by atoms with Gasteiger partial charge in [0.05, 0.1) is 12.2 Å². The van der Waals surface area contributed by atoms with Crippen molar-refractivity contribution in [2.24, 2.45) is 5.92 Å². The maximum atomic E-state index is 12.7. The first kappa shape index (κ1) is 16.8. The predicted molar refractivity (Wildman–Crippen MR) is 87.1 cm³/mol. The fourth-order valence-electron chi connectivity index (χ4n) is 3.53. The zero-order valence-electron chi connectivity index (χ0n) is 14.1. The van der Waals surface area contributed by atoms with Gasteiger partial charge >= 0.3 is 0 Å². The molecule has 4 heteroatoms. The number of nitrogens with one attached hydrogen (secondary N) is 1. The second kappa shape index (κ2) is 8.14. The van der Waals surface area contributed by atoms with Crippen molar-refractivity contribution < 1.29 is 4.79 Å². The Labute approximate surface area is 130 Å². The van der Waals surface area contributed by atoms with Crippen molar-refractivity contribution >= 4 is 5.91 Å². The number of carbonyl (C=O) groups is 1. The lowest BCUT2D eigenvalue weighted by molar-refractivity contribution is -0.130. The maximum Gasteiger partial charge on any atom is 0.241 e. The summed E-state index contributed by atoms with van der Waals surface area (Å²) in [6.45, 7) is 11.0. The normalized spacial score (nSPS) is 27.2. The average molecular weight is 295 g/mol. The van der Waals surface area contributed by atoms with Gasteiger partial charge < -0.3 is 9.80 Å². The van der Waals surface area contributed by atoms with Gasteiger partial charge in [0.25, 0.3) is 0 Å². The number of carbonyl (C=O) groups excluding carboxylic acids is 1. The van der Waals surface area contributed by atoms with Crippen molar-refractivity contribution in [1.29, 1.82) is 0 Å². The first-order chi connectivity index (χ1) is 10.1. The number of unbranched alkanes of at least 4 members (excludes halogenated alkanes) is 1. The van der Waals surface area contributed by atoms with E-state index in [1.807, 2.05) is 0 Å². The molecule has 2 aliphatic heterocycles. The lowest BCUT2D eigenvalue weighted by Gasteiger charge is -2.27. The third-order valence-electron chi connectivity index (χ3n) is 4.75. The van der Waals surface area contributed by atoms with Crippen LogP contribution in [0.25, 0.3) is 0 Å². The Morgan fingerprint density at radius 2 is 1.95 bits per heavy atom. The molecule has 0 spiro atoms. The van der Waals surface area contributed by atoms with Crippen LogP contribution < -0.4 is 5.32 Å². The van der Waals surface area contributed by atoms with Crippen molar-refractivity contribution in [2.75, 3.05) is 26.2 Å². The van der Waals surface area contributed by atoms with Crippen LogP contribution >= 0.6 is 0 Å². The molecule has 2 saturated heterocycles. The zero-order valence-corrected chi connectivity index (χ0v) is 14.1. The molecular weight excluding hydrogens is 262 g/mol. The van der Waals surface area contributed by atoms with Gasteiger partial charge in [0.2, 0.25) is 5.91 Å². The van der Waals surface area contributed by atoms with E-state index >= 15 is 0 Å². The Morgan fingerprint density at radius 1 is 1.24 bits per heavy atom. The van der Waals surface area contributed by atoms with E-state index in [-0.39, 0.29) is 12.2 Å². The molecule has 0 aromatic heterocycles. The van der Waals surface area contributed by atoms with Crippen LogP contribution in [0.3, 0.4) is 0 Å². The molecule has 2 fully saturated rings. The molecule has 21 heavy (non-hydrogen) atoms. The Bertz CT molecular complexity index is 326. The van der Waals surface area contributed by atoms with Gasteiger partial charge in [-0.1, -0.05) is 33.6 Å². The predicted octanol–water partition coefficient (Wildman–Crippen LogP) is 2.45. The Balaban J connectivity index is 1.90. The molecule has 2 aliphatic rings. The van der Waals surface area contributed by atoms with Crippen molar-refractivity contribution in [3.8, 4) is 0 Å². The topological polar surface area (TPSA) is 35.6 Å². The first-order valence-corrected chi connectivity index (χ1v) is 8.90. The molecule has 122 valence electrons. The summed E-state index contributed by atoms with van der Waals surface area (Å²) in [7, 11) is 0. The van der Waals surface area contributed by atoms with Crippen LogP contribution in [-0.2, 0) is 4.79 Å². The summed E-state index contributed by atoms with van der Waals surface area (Å²) in [6.07, 6.45) is 7.24. The molecule has 2 unspecified atom stereocenters. The number of rotatable bonds is 8. The largest absolute Gasteiger partial charge is 0.325 e. The molecule has 0 bridgehead atoms. The summed E-state index contributed by atoms with van der Waals surface area (Å²) < 4.78 is 0. The number of hydrogen-bond donors (Lipinski definition) is 1. The van der Waals surface area contributed by atoms with Crippen molar-refractivity contribution in [1.82, 2.24) is 15.1 Å². The van der Waals surface area contributed by atoms with E-state index < -0.39 is 0 Å². The summed E-state index contributed by atoms with van der Waals surface area (Å²) in [5, 5.41) is 3.59. The van der Waals surface area contributed by atoms with E-state index in [1.54, 1.807) is 0 Å². The molecule has 4 nitrogen and oxygen atoms in total. The van der Waals surface area contributed by atoms with Crippen LogP contribution in [-0.4, -0.2) is 54.1 Å². The summed E-state index contributed by atoms with van der Waals surface area (Å²) in [5.74, 6) is 0.961. The van der Waals surface area contributed by atoms with Crippen LogP contribution in [0, 0.1) is 5.92 Å². The van der Waals surface area contributed by atoms with E-state index in [0.29, 0.717) is 11.8 Å². The van der Waals surface area contributed by atoms with Crippen molar-refractivity contribution in [3.63, 3.8) is 0 Å². The van der Waals surface area contributed by atoms with Crippen LogP contribution in [0.5, 0.6) is 0 Å². The molecule has 0 saturated carbocycles. The minimum Gasteiger partial charge on any atom is -0.325 e. The summed E-state index contributed by atoms with van der Waals surface area (Å²) in [5.41, 5.74) is 0. The molecule has 1 amide bonds. The lowest BCUT2D eigenvalue weighted by Crippen LogP contribution is -2.42. The Morgan fingerprint density at radius 3 is 2.57 bits per heavy atom. The highest BCUT2D eigenvalue weighted by Crippen LogP contribution is 2.21. The second-order valence-electron chi connectivity index (χ2n) is 7.09. The molecule has 0 aromatic carbocycles. The quantitative estimate of drug-likeness (QED) is 0.747. The SMILES string of the molecule is CCCCC1NC(CC(C)C)N(CCN2CCCC2)C1=O. The van der Waals surface area contributed by atoms with Gasteiger partial charge in [-0.05, 0) is 44.7 Å². The van der Waals surface area contributed by atoms with Gasteiger partial charge in [-0.15, -0.1) is 0 Å². The van der Waals surface area contributed by atoms with Gasteiger partial charge in [-0.25, -0.2) is 0 Å². The monoisotopic (exact) mass is 295 g/mol. The minimum atomic E-state index is 0.0623. The lowest BCUT2D eigenvalue weighted by atomic mass is 10.1. The second-order valence-corrected chi connectivity index (χ2v) is 7.09. The zero-order chi connectivity index (χ0) is 15.2. The summed E-state index contributed by atoms with van der Waals surface area (Å²) in [4.78, 5) is 17.3. The van der Waals surface area contributed by atoms with Crippen LogP contribution in [0.15, 0.2) is 0 Å². The van der Waals surface area contributed by atoms with E-state index in [2.05, 4.69) is 35.9 Å². The summed E-state index contributed by atoms with van der Waals surface area (Å²) >= 11 is 0. The highest BCUT2D eigenvalue weighted by molar-refractivity contribution is 5.84. The smallest absolute Gasteiger partial charge is 0.241 e. The van der Waals surface area contributed by atoms with Gasteiger partial charge in [-0.2, -0.15) is 0 Å². The number of nitrogens with zero attached hydrogens (tertiary/aromatic N) is 2. The fourth-order valence-corrected chi connectivity index (χ4v) is 3.53. The van der Waals surface area contributed by atoms with Gasteiger partial charge in [0.1, 0.15) is 0 Å². The third kappa shape index (κ3) is 4.68. The number of amides is 1. The highest BCUT2D eigenvalue weighted by atomic mass is 16.2. The third-order valence-corrected chi connectivity index (χ3v) is 4.75. The van der Waals surface area contributed by atoms with Crippen LogP contribution in [0.2, 0.25) is 0 Å². The van der Waals surface area contributed by atoms with E-state index in [1.165, 1.54) is 25.9 Å². The fraction of sp³-hybridized carbons (Fsp3) is 0.941. The highest BCUT2D eigenvalue weighted by Gasteiger charge is 2.38. The van der Waals surface area contributed by atoms with E-state index in [0.717, 1.165) is 38.8 Å².